The maximum Gasteiger partial charge on any atom is 0.270 e. The molecule has 280 valence electrons. The summed E-state index contributed by atoms with van der Waals surface area (Å²) < 4.78 is 7.50. The van der Waals surface area contributed by atoms with Crippen molar-refractivity contribution in [3.05, 3.63) is 107 Å². The van der Waals surface area contributed by atoms with Crippen molar-refractivity contribution in [2.75, 3.05) is 31.6 Å². The van der Waals surface area contributed by atoms with E-state index >= 15 is 0 Å². The molecule has 2 atom stereocenters. The molecule has 3 saturated heterocycles. The average Bonchev–Trinajstić information content (AvgIpc) is 3.96. The van der Waals surface area contributed by atoms with Gasteiger partial charge in [0.1, 0.15) is 11.4 Å². The van der Waals surface area contributed by atoms with Gasteiger partial charge in [-0.1, -0.05) is 49.4 Å². The number of pyridine rings is 2. The first-order valence-corrected chi connectivity index (χ1v) is 19.4. The van der Waals surface area contributed by atoms with E-state index in [1.54, 1.807) is 18.2 Å². The van der Waals surface area contributed by atoms with Crippen molar-refractivity contribution >= 4 is 28.5 Å². The van der Waals surface area contributed by atoms with Crippen LogP contribution in [-0.2, 0) is 37.3 Å². The number of nitrogens with one attached hydrogen (secondary N) is 4. The van der Waals surface area contributed by atoms with Gasteiger partial charge in [-0.3, -0.25) is 14.5 Å². The predicted molar refractivity (Wildman–Crippen MR) is 209 cm³/mol. The van der Waals surface area contributed by atoms with Gasteiger partial charge in [-0.15, -0.1) is 0 Å². The Bertz CT molecular complexity index is 2140. The van der Waals surface area contributed by atoms with Gasteiger partial charge < -0.3 is 26.0 Å². The van der Waals surface area contributed by atoms with Gasteiger partial charge in [-0.25, -0.2) is 14.6 Å². The second kappa shape index (κ2) is 16.1. The number of aromatic nitrogens is 4. The van der Waals surface area contributed by atoms with Crippen LogP contribution in [0.5, 0.6) is 0 Å². The standard InChI is InChI=1S/C42H49N9O3/c1-3-36-34(39(47-31-14-16-54-17-15-31)35-24-46-51(4-2)40(35)49-36)23-45-42(53)38-13-7-12-37(48-38)41(52)44-21-27-8-5-10-29(18-27)30-11-6-9-28(19-30)25-50-26-32-20-33(50)22-43-32/h5-13,18-19,24,31-33,43H,3-4,14-17,20-23,25-26H2,1-2H3,(H,44,52)(H,45,53)(H,47,49)/t32-,33?/m0/s1. The number of rotatable bonds is 13. The molecule has 0 saturated carbocycles. The second-order valence-corrected chi connectivity index (χ2v) is 14.6. The number of piperazine rings is 1. The van der Waals surface area contributed by atoms with Gasteiger partial charge in [0.25, 0.3) is 11.8 Å². The van der Waals surface area contributed by atoms with Crippen molar-refractivity contribution in [1.29, 1.82) is 0 Å². The molecule has 2 aromatic carbocycles. The maximum absolute atomic E-state index is 13.5. The number of amides is 2. The number of ether oxygens (including phenoxy) is 1. The van der Waals surface area contributed by atoms with Crippen molar-refractivity contribution in [1.82, 2.24) is 40.6 Å². The largest absolute Gasteiger partial charge is 0.381 e. The zero-order valence-electron chi connectivity index (χ0n) is 31.1. The molecule has 8 rings (SSSR count). The summed E-state index contributed by atoms with van der Waals surface area (Å²) >= 11 is 0. The Balaban J connectivity index is 0.921. The number of fused-ring (bicyclic) bond motifs is 3. The lowest BCUT2D eigenvalue weighted by molar-refractivity contribution is 0.0904. The highest BCUT2D eigenvalue weighted by molar-refractivity contribution is 5.97. The first kappa shape index (κ1) is 35.8. The summed E-state index contributed by atoms with van der Waals surface area (Å²) in [7, 11) is 0. The molecule has 1 unspecified atom stereocenters. The summed E-state index contributed by atoms with van der Waals surface area (Å²) in [5.41, 5.74) is 8.53. The van der Waals surface area contributed by atoms with Gasteiger partial charge in [-0.2, -0.15) is 5.10 Å². The summed E-state index contributed by atoms with van der Waals surface area (Å²) in [6.45, 7) is 10.00. The van der Waals surface area contributed by atoms with Gasteiger partial charge in [0, 0.05) is 81.9 Å². The monoisotopic (exact) mass is 727 g/mol. The van der Waals surface area contributed by atoms with Crippen LogP contribution in [-0.4, -0.2) is 80.9 Å². The van der Waals surface area contributed by atoms with Crippen molar-refractivity contribution in [2.45, 2.75) is 83.8 Å². The lowest BCUT2D eigenvalue weighted by atomic mass is 10.0. The Labute approximate surface area is 316 Å². The lowest BCUT2D eigenvalue weighted by Crippen LogP contribution is -2.42. The number of benzene rings is 2. The van der Waals surface area contributed by atoms with Crippen molar-refractivity contribution in [3.8, 4) is 11.1 Å². The Morgan fingerprint density at radius 1 is 0.889 bits per heavy atom. The van der Waals surface area contributed by atoms with E-state index < -0.39 is 0 Å². The molecule has 0 radical (unpaired) electrons. The third-order valence-corrected chi connectivity index (χ3v) is 11.0. The van der Waals surface area contributed by atoms with E-state index in [0.29, 0.717) is 44.8 Å². The number of likely N-dealkylation sites (tertiary alicyclic amines) is 1. The van der Waals surface area contributed by atoms with Gasteiger partial charge in [0.15, 0.2) is 5.65 Å². The molecule has 0 aliphatic carbocycles. The van der Waals surface area contributed by atoms with E-state index in [9.17, 15) is 9.59 Å². The Morgan fingerprint density at radius 3 is 2.28 bits per heavy atom. The molecule has 3 fully saturated rings. The molecule has 2 bridgehead atoms. The molecule has 12 heteroatoms. The van der Waals surface area contributed by atoms with Crippen molar-refractivity contribution in [2.24, 2.45) is 0 Å². The molecule has 0 spiro atoms. The highest BCUT2D eigenvalue weighted by atomic mass is 16.5. The van der Waals surface area contributed by atoms with Crippen molar-refractivity contribution in [3.63, 3.8) is 0 Å². The number of nitrogens with zero attached hydrogens (tertiary/aromatic N) is 5. The van der Waals surface area contributed by atoms with Gasteiger partial charge >= 0.3 is 0 Å². The molecule has 5 aromatic rings. The van der Waals surface area contributed by atoms with Gasteiger partial charge in [0.05, 0.1) is 17.3 Å². The third kappa shape index (κ3) is 7.73. The Hall–Kier alpha value is -5.17. The van der Waals surface area contributed by atoms with Crippen LogP contribution >= 0.6 is 0 Å². The fraction of sp³-hybridized carbons (Fsp3) is 0.405. The minimum atomic E-state index is -0.364. The topological polar surface area (TPSA) is 138 Å². The van der Waals surface area contributed by atoms with E-state index in [1.165, 1.54) is 12.0 Å². The van der Waals surface area contributed by atoms with Crippen LogP contribution in [0.15, 0.2) is 72.9 Å². The summed E-state index contributed by atoms with van der Waals surface area (Å²) in [6.07, 6.45) is 5.59. The van der Waals surface area contributed by atoms with E-state index in [4.69, 9.17) is 9.72 Å². The fourth-order valence-corrected chi connectivity index (χ4v) is 8.11. The van der Waals surface area contributed by atoms with E-state index in [-0.39, 0.29) is 35.8 Å². The van der Waals surface area contributed by atoms with Crippen LogP contribution < -0.4 is 21.3 Å². The average molecular weight is 728 g/mol. The minimum Gasteiger partial charge on any atom is -0.381 e. The molecular formula is C42H49N9O3. The summed E-state index contributed by atoms with van der Waals surface area (Å²) in [6, 6.07) is 23.5. The number of carbonyl (C=O) groups is 2. The molecule has 2 amide bonds. The summed E-state index contributed by atoms with van der Waals surface area (Å²) in [4.78, 5) is 38.9. The van der Waals surface area contributed by atoms with Crippen LogP contribution in [0.4, 0.5) is 5.69 Å². The third-order valence-electron chi connectivity index (χ3n) is 11.0. The summed E-state index contributed by atoms with van der Waals surface area (Å²) in [5.74, 6) is -0.706. The van der Waals surface area contributed by atoms with Crippen molar-refractivity contribution < 1.29 is 14.3 Å². The zero-order valence-corrected chi connectivity index (χ0v) is 31.1. The first-order chi connectivity index (χ1) is 26.4. The van der Waals surface area contributed by atoms with Crippen LogP contribution in [0.2, 0.25) is 0 Å². The quantitative estimate of drug-likeness (QED) is 0.131. The first-order valence-electron chi connectivity index (χ1n) is 19.4. The van der Waals surface area contributed by atoms with Crippen LogP contribution in [0, 0.1) is 0 Å². The van der Waals surface area contributed by atoms with Crippen LogP contribution in [0.1, 0.15) is 76.5 Å². The minimum absolute atomic E-state index is 0.173. The number of aryl methyl sites for hydroxylation is 2. The molecule has 12 nitrogen and oxygen atoms in total. The maximum atomic E-state index is 13.5. The van der Waals surface area contributed by atoms with Crippen LogP contribution in [0.25, 0.3) is 22.2 Å². The lowest BCUT2D eigenvalue weighted by Gasteiger charge is -2.27. The summed E-state index contributed by atoms with van der Waals surface area (Å²) in [5, 5.41) is 18.9. The second-order valence-electron chi connectivity index (χ2n) is 14.6. The number of hydrogen-bond donors (Lipinski definition) is 4. The molecule has 3 aliphatic rings. The molecule has 3 aromatic heterocycles. The van der Waals surface area contributed by atoms with Crippen LogP contribution in [0.3, 0.4) is 0 Å². The predicted octanol–water partition coefficient (Wildman–Crippen LogP) is 5.07. The smallest absolute Gasteiger partial charge is 0.270 e. The SMILES string of the molecule is CCc1nc2c(cnn2CC)c(NC2CCOCC2)c1CNC(=O)c1cccc(C(=O)NCc2cccc(-c3cccc(CN4C[C@@H]5CC4CN5)c3)c2)n1. The number of carbonyl (C=O) groups excluding carboxylic acids is 2. The highest BCUT2D eigenvalue weighted by Crippen LogP contribution is 2.32. The zero-order chi connectivity index (χ0) is 37.0. The highest BCUT2D eigenvalue weighted by Gasteiger charge is 2.37. The normalized spacial score (nSPS) is 18.6. The number of anilines is 1. The Morgan fingerprint density at radius 2 is 1.59 bits per heavy atom. The number of hydrogen-bond acceptors (Lipinski definition) is 9. The van der Waals surface area contributed by atoms with Gasteiger partial charge in [0.2, 0.25) is 0 Å². The molecule has 4 N–H and O–H groups in total. The van der Waals surface area contributed by atoms with E-state index in [2.05, 4.69) is 86.5 Å². The molecule has 3 aliphatic heterocycles. The van der Waals surface area contributed by atoms with Gasteiger partial charge in [-0.05, 0) is 79.1 Å². The molecule has 54 heavy (non-hydrogen) atoms. The molecule has 6 heterocycles. The molecular weight excluding hydrogens is 679 g/mol. The fourth-order valence-electron chi connectivity index (χ4n) is 8.11. The Kier molecular flexibility index (Phi) is 10.7. The van der Waals surface area contributed by atoms with E-state index in [0.717, 1.165) is 77.1 Å². The van der Waals surface area contributed by atoms with E-state index in [1.807, 2.05) is 23.0 Å².